The van der Waals surface area contributed by atoms with Gasteiger partial charge in [0.1, 0.15) is 0 Å². The Morgan fingerprint density at radius 3 is 2.38 bits per heavy atom. The Bertz CT molecular complexity index is 593. The summed E-state index contributed by atoms with van der Waals surface area (Å²) in [4.78, 5) is 13.6. The third-order valence-electron chi connectivity index (χ3n) is 3.21. The van der Waals surface area contributed by atoms with Crippen molar-refractivity contribution in [3.05, 3.63) is 78.0 Å². The van der Waals surface area contributed by atoms with Crippen LogP contribution in [0, 0.1) is 0 Å². The third kappa shape index (κ3) is 3.82. The molecule has 1 aliphatic heterocycles. The van der Waals surface area contributed by atoms with E-state index >= 15 is 0 Å². The van der Waals surface area contributed by atoms with E-state index in [-0.39, 0.29) is 5.91 Å². The average molecular weight is 281 g/mol. The molecule has 1 heterocycles. The minimum absolute atomic E-state index is 0.000599. The van der Waals surface area contributed by atoms with Gasteiger partial charge in [-0.3, -0.25) is 4.79 Å². The molecular weight excluding hydrogens is 258 g/mol. The normalized spacial score (nSPS) is 18.3. The Kier molecular flexibility index (Phi) is 6.41. The molecule has 2 heteroatoms. The first-order valence-corrected chi connectivity index (χ1v) is 7.20. The molecule has 0 saturated carbocycles. The van der Waals surface area contributed by atoms with Gasteiger partial charge >= 0.3 is 0 Å². The van der Waals surface area contributed by atoms with E-state index in [0.29, 0.717) is 6.54 Å². The van der Waals surface area contributed by atoms with Gasteiger partial charge in [-0.1, -0.05) is 69.5 Å². The molecule has 1 amide bonds. The van der Waals surface area contributed by atoms with Gasteiger partial charge in [0.2, 0.25) is 5.91 Å². The van der Waals surface area contributed by atoms with E-state index in [9.17, 15) is 4.79 Å². The largest absolute Gasteiger partial charge is 0.308 e. The second-order valence-electron chi connectivity index (χ2n) is 4.39. The molecule has 110 valence electrons. The predicted octanol–water partition coefficient (Wildman–Crippen LogP) is 4.71. The first kappa shape index (κ1) is 16.7. The molecule has 1 aliphatic rings. The molecule has 0 N–H and O–H groups in total. The second kappa shape index (κ2) is 8.05. The Hall–Kier alpha value is -2.35. The van der Waals surface area contributed by atoms with E-state index in [0.717, 1.165) is 22.4 Å². The molecule has 0 atom stereocenters. The van der Waals surface area contributed by atoms with Gasteiger partial charge in [-0.2, -0.15) is 0 Å². The SMILES string of the molecule is C=CC1=C(\C=C)N(C(C)=O)Cc2ccccc2/C=C\1.CC. The monoisotopic (exact) mass is 281 g/mol. The number of rotatable bonds is 2. The van der Waals surface area contributed by atoms with E-state index in [2.05, 4.69) is 13.2 Å². The van der Waals surface area contributed by atoms with Crippen LogP contribution < -0.4 is 0 Å². The van der Waals surface area contributed by atoms with Crippen LogP contribution in [0.4, 0.5) is 0 Å². The van der Waals surface area contributed by atoms with E-state index in [4.69, 9.17) is 0 Å². The number of allylic oxidation sites excluding steroid dienone is 4. The number of carbonyl (C=O) groups excluding carboxylic acids is 1. The van der Waals surface area contributed by atoms with Crippen molar-refractivity contribution in [2.24, 2.45) is 0 Å². The number of carbonyl (C=O) groups is 1. The fourth-order valence-corrected chi connectivity index (χ4v) is 2.20. The molecule has 0 fully saturated rings. The minimum Gasteiger partial charge on any atom is -0.308 e. The topological polar surface area (TPSA) is 20.3 Å². The summed E-state index contributed by atoms with van der Waals surface area (Å²) < 4.78 is 0. The van der Waals surface area contributed by atoms with Gasteiger partial charge < -0.3 is 4.90 Å². The maximum absolute atomic E-state index is 11.9. The van der Waals surface area contributed by atoms with Gasteiger partial charge in [-0.05, 0) is 22.8 Å². The number of hydrogen-bond donors (Lipinski definition) is 0. The zero-order valence-corrected chi connectivity index (χ0v) is 13.1. The summed E-state index contributed by atoms with van der Waals surface area (Å²) in [5, 5.41) is 0. The van der Waals surface area contributed by atoms with E-state index in [1.165, 1.54) is 0 Å². The maximum atomic E-state index is 11.9. The van der Waals surface area contributed by atoms with Crippen LogP contribution in [0.25, 0.3) is 6.08 Å². The number of nitrogens with zero attached hydrogens (tertiary/aromatic N) is 1. The highest BCUT2D eigenvalue weighted by Gasteiger charge is 2.17. The van der Waals surface area contributed by atoms with Gasteiger partial charge in [0.15, 0.2) is 0 Å². The van der Waals surface area contributed by atoms with Crippen LogP contribution in [0.15, 0.2) is 66.9 Å². The molecule has 1 aromatic carbocycles. The molecule has 21 heavy (non-hydrogen) atoms. The van der Waals surface area contributed by atoms with Crippen LogP contribution in [0.1, 0.15) is 31.9 Å². The smallest absolute Gasteiger partial charge is 0.224 e. The lowest BCUT2D eigenvalue weighted by atomic mass is 10.0. The van der Waals surface area contributed by atoms with Crippen molar-refractivity contribution in [3.63, 3.8) is 0 Å². The highest BCUT2D eigenvalue weighted by Crippen LogP contribution is 2.24. The number of amides is 1. The summed E-state index contributed by atoms with van der Waals surface area (Å²) >= 11 is 0. The molecule has 0 unspecified atom stereocenters. The van der Waals surface area contributed by atoms with Gasteiger partial charge in [0.25, 0.3) is 0 Å². The molecule has 0 aliphatic carbocycles. The lowest BCUT2D eigenvalue weighted by molar-refractivity contribution is -0.127. The summed E-state index contributed by atoms with van der Waals surface area (Å²) in [6, 6.07) is 8.06. The fraction of sp³-hybridized carbons (Fsp3) is 0.211. The highest BCUT2D eigenvalue weighted by molar-refractivity contribution is 5.77. The van der Waals surface area contributed by atoms with Crippen LogP contribution in [-0.4, -0.2) is 10.8 Å². The molecule has 0 spiro atoms. The minimum atomic E-state index is -0.000599. The molecule has 0 aromatic heterocycles. The molecule has 2 nitrogen and oxygen atoms in total. The lowest BCUT2D eigenvalue weighted by Crippen LogP contribution is -2.28. The first-order valence-electron chi connectivity index (χ1n) is 7.20. The van der Waals surface area contributed by atoms with Crippen molar-refractivity contribution in [1.29, 1.82) is 0 Å². The Balaban J connectivity index is 0.00000106. The summed E-state index contributed by atoms with van der Waals surface area (Å²) in [6.07, 6.45) is 7.47. The molecule has 0 saturated heterocycles. The van der Waals surface area contributed by atoms with Gasteiger partial charge in [0.05, 0.1) is 12.2 Å². The standard InChI is InChI=1S/C17H17NO.C2H6/c1-4-14-10-11-15-8-6-7-9-16(15)12-18(13(3)19)17(14)5-2;1-2/h4-11H,1-2,12H2,3H3;1-2H3/b11-10-,17-14-;. The maximum Gasteiger partial charge on any atom is 0.224 e. The summed E-state index contributed by atoms with van der Waals surface area (Å²) in [5.41, 5.74) is 3.94. The average Bonchev–Trinajstić information content (AvgIpc) is 2.50. The highest BCUT2D eigenvalue weighted by atomic mass is 16.2. The van der Waals surface area contributed by atoms with Gasteiger partial charge in [-0.15, -0.1) is 0 Å². The van der Waals surface area contributed by atoms with Crippen molar-refractivity contribution in [2.75, 3.05) is 0 Å². The summed E-state index contributed by atoms with van der Waals surface area (Å²) in [5.74, 6) is -0.000599. The van der Waals surface area contributed by atoms with Crippen LogP contribution >= 0.6 is 0 Å². The number of fused-ring (bicyclic) bond motifs is 1. The van der Waals surface area contributed by atoms with Crippen molar-refractivity contribution in [1.82, 2.24) is 4.90 Å². The predicted molar refractivity (Wildman–Crippen MR) is 90.5 cm³/mol. The molecule has 1 aromatic rings. The Morgan fingerprint density at radius 1 is 1.14 bits per heavy atom. The van der Waals surface area contributed by atoms with Gasteiger partial charge in [-0.25, -0.2) is 0 Å². The van der Waals surface area contributed by atoms with E-state index in [1.54, 1.807) is 24.0 Å². The first-order chi connectivity index (χ1) is 10.2. The molecule has 0 radical (unpaired) electrons. The summed E-state index contributed by atoms with van der Waals surface area (Å²) in [6.45, 7) is 13.7. The molecule has 2 rings (SSSR count). The fourth-order valence-electron chi connectivity index (χ4n) is 2.20. The van der Waals surface area contributed by atoms with E-state index < -0.39 is 0 Å². The zero-order chi connectivity index (χ0) is 15.8. The van der Waals surface area contributed by atoms with Crippen LogP contribution in [0.3, 0.4) is 0 Å². The third-order valence-corrected chi connectivity index (χ3v) is 3.21. The van der Waals surface area contributed by atoms with Crippen molar-refractivity contribution >= 4 is 12.0 Å². The van der Waals surface area contributed by atoms with Crippen LogP contribution in [0.2, 0.25) is 0 Å². The summed E-state index contributed by atoms with van der Waals surface area (Å²) in [7, 11) is 0. The molecule has 0 bridgehead atoms. The number of hydrogen-bond acceptors (Lipinski definition) is 1. The van der Waals surface area contributed by atoms with Gasteiger partial charge in [0, 0.05) is 6.92 Å². The zero-order valence-electron chi connectivity index (χ0n) is 13.1. The van der Waals surface area contributed by atoms with Crippen molar-refractivity contribution < 1.29 is 4.79 Å². The Labute approximate surface area is 127 Å². The van der Waals surface area contributed by atoms with Crippen LogP contribution in [-0.2, 0) is 11.3 Å². The van der Waals surface area contributed by atoms with Crippen molar-refractivity contribution in [3.8, 4) is 0 Å². The van der Waals surface area contributed by atoms with Crippen molar-refractivity contribution in [2.45, 2.75) is 27.3 Å². The Morgan fingerprint density at radius 2 is 1.81 bits per heavy atom. The lowest BCUT2D eigenvalue weighted by Gasteiger charge is -2.26. The second-order valence-corrected chi connectivity index (χ2v) is 4.39. The quantitative estimate of drug-likeness (QED) is 0.768. The number of benzene rings is 1. The van der Waals surface area contributed by atoms with Crippen LogP contribution in [0.5, 0.6) is 0 Å². The van der Waals surface area contributed by atoms with E-state index in [1.807, 2.05) is 50.3 Å². The molecular formula is C19H23NO.